The molecule has 0 radical (unpaired) electrons. The number of halogens is 2. The first-order valence-electron chi connectivity index (χ1n) is 6.36. The molecule has 0 bridgehead atoms. The fraction of sp³-hybridized carbons (Fsp3) is 0.0667. The third-order valence-electron chi connectivity index (χ3n) is 3.05. The van der Waals surface area contributed by atoms with Crippen LogP contribution in [0.1, 0.15) is 5.56 Å². The lowest BCUT2D eigenvalue weighted by Gasteiger charge is -2.08. The van der Waals surface area contributed by atoms with E-state index in [2.05, 4.69) is 20.5 Å². The highest BCUT2D eigenvalue weighted by molar-refractivity contribution is 5.62. The number of aromatic nitrogens is 3. The molecule has 0 aliphatic carbocycles. The van der Waals surface area contributed by atoms with Gasteiger partial charge in [0, 0.05) is 29.4 Å². The summed E-state index contributed by atoms with van der Waals surface area (Å²) in [7, 11) is 0. The third kappa shape index (κ3) is 3.05. The maximum absolute atomic E-state index is 13.6. The summed E-state index contributed by atoms with van der Waals surface area (Å²) in [5, 5.41) is 9.68. The van der Waals surface area contributed by atoms with Crippen LogP contribution in [0.4, 0.5) is 14.5 Å². The summed E-state index contributed by atoms with van der Waals surface area (Å²) < 4.78 is 26.4. The molecule has 2 N–H and O–H groups in total. The zero-order chi connectivity index (χ0) is 14.7. The maximum atomic E-state index is 13.6. The van der Waals surface area contributed by atoms with Crippen LogP contribution in [0.25, 0.3) is 11.4 Å². The van der Waals surface area contributed by atoms with Crippen molar-refractivity contribution in [1.82, 2.24) is 15.2 Å². The minimum atomic E-state index is -0.580. The Balaban J connectivity index is 1.75. The molecule has 0 atom stereocenters. The Hall–Kier alpha value is -2.76. The lowest BCUT2D eigenvalue weighted by atomic mass is 10.1. The summed E-state index contributed by atoms with van der Waals surface area (Å²) in [6.07, 6.45) is 1.43. The van der Waals surface area contributed by atoms with Gasteiger partial charge in [0.1, 0.15) is 18.0 Å². The Labute approximate surface area is 119 Å². The average Bonchev–Trinajstić information content (AvgIpc) is 3.01. The number of anilines is 1. The monoisotopic (exact) mass is 286 g/mol. The number of rotatable bonds is 4. The van der Waals surface area contributed by atoms with Crippen LogP contribution in [0.15, 0.2) is 48.8 Å². The lowest BCUT2D eigenvalue weighted by Crippen LogP contribution is -2.02. The van der Waals surface area contributed by atoms with Gasteiger partial charge in [-0.3, -0.25) is 5.10 Å². The SMILES string of the molecule is Fc1ccc(CNc2cccc(-c3ncn[nH]3)c2)c(F)c1. The van der Waals surface area contributed by atoms with Crippen molar-refractivity contribution in [3.8, 4) is 11.4 Å². The highest BCUT2D eigenvalue weighted by Crippen LogP contribution is 2.19. The third-order valence-corrected chi connectivity index (χ3v) is 3.05. The Morgan fingerprint density at radius 2 is 2.00 bits per heavy atom. The number of nitrogens with one attached hydrogen (secondary N) is 2. The van der Waals surface area contributed by atoms with Gasteiger partial charge in [0.25, 0.3) is 0 Å². The highest BCUT2D eigenvalue weighted by atomic mass is 19.1. The molecule has 0 saturated carbocycles. The number of hydrogen-bond acceptors (Lipinski definition) is 3. The van der Waals surface area contributed by atoms with Crippen LogP contribution < -0.4 is 5.32 Å². The van der Waals surface area contributed by atoms with Gasteiger partial charge in [0.05, 0.1) is 0 Å². The van der Waals surface area contributed by atoms with E-state index in [4.69, 9.17) is 0 Å². The zero-order valence-corrected chi connectivity index (χ0v) is 11.0. The first kappa shape index (κ1) is 13.2. The molecule has 0 fully saturated rings. The molecule has 0 unspecified atom stereocenters. The molecule has 3 aromatic rings. The first-order chi connectivity index (χ1) is 10.2. The van der Waals surface area contributed by atoms with E-state index in [9.17, 15) is 8.78 Å². The molecule has 1 heterocycles. The largest absolute Gasteiger partial charge is 0.381 e. The molecule has 3 rings (SSSR count). The molecule has 21 heavy (non-hydrogen) atoms. The van der Waals surface area contributed by atoms with E-state index in [-0.39, 0.29) is 6.54 Å². The molecule has 0 spiro atoms. The molecular weight excluding hydrogens is 274 g/mol. The van der Waals surface area contributed by atoms with Gasteiger partial charge >= 0.3 is 0 Å². The predicted molar refractivity (Wildman–Crippen MR) is 75.5 cm³/mol. The van der Waals surface area contributed by atoms with Crippen molar-refractivity contribution in [1.29, 1.82) is 0 Å². The van der Waals surface area contributed by atoms with E-state index >= 15 is 0 Å². The molecular formula is C15H12F2N4. The summed E-state index contributed by atoms with van der Waals surface area (Å²) in [6.45, 7) is 0.270. The van der Waals surface area contributed by atoms with E-state index in [0.29, 0.717) is 11.4 Å². The van der Waals surface area contributed by atoms with Gasteiger partial charge in [-0.15, -0.1) is 0 Å². The van der Waals surface area contributed by atoms with Gasteiger partial charge < -0.3 is 5.32 Å². The van der Waals surface area contributed by atoms with E-state index in [1.807, 2.05) is 24.3 Å². The van der Waals surface area contributed by atoms with Crippen LogP contribution in [0, 0.1) is 11.6 Å². The smallest absolute Gasteiger partial charge is 0.155 e. The predicted octanol–water partition coefficient (Wildman–Crippen LogP) is 3.36. The van der Waals surface area contributed by atoms with Gasteiger partial charge in [-0.2, -0.15) is 5.10 Å². The number of aromatic amines is 1. The van der Waals surface area contributed by atoms with Crippen molar-refractivity contribution >= 4 is 5.69 Å². The van der Waals surface area contributed by atoms with Gasteiger partial charge in [-0.1, -0.05) is 18.2 Å². The summed E-state index contributed by atoms with van der Waals surface area (Å²) in [5.74, 6) is -0.482. The molecule has 0 amide bonds. The van der Waals surface area contributed by atoms with Gasteiger partial charge in [-0.05, 0) is 18.2 Å². The van der Waals surface area contributed by atoms with E-state index in [1.165, 1.54) is 18.5 Å². The van der Waals surface area contributed by atoms with Crippen LogP contribution >= 0.6 is 0 Å². The Morgan fingerprint density at radius 3 is 2.76 bits per heavy atom. The lowest BCUT2D eigenvalue weighted by molar-refractivity contribution is 0.574. The minimum Gasteiger partial charge on any atom is -0.381 e. The Bertz CT molecular complexity index is 741. The summed E-state index contributed by atoms with van der Waals surface area (Å²) >= 11 is 0. The molecule has 2 aromatic carbocycles. The summed E-state index contributed by atoms with van der Waals surface area (Å²) in [5.41, 5.74) is 2.09. The number of benzene rings is 2. The topological polar surface area (TPSA) is 53.6 Å². The van der Waals surface area contributed by atoms with Crippen molar-refractivity contribution in [2.75, 3.05) is 5.32 Å². The van der Waals surface area contributed by atoms with Gasteiger partial charge in [0.15, 0.2) is 5.82 Å². The quantitative estimate of drug-likeness (QED) is 0.773. The summed E-state index contributed by atoms with van der Waals surface area (Å²) in [4.78, 5) is 4.07. The van der Waals surface area contributed by atoms with E-state index < -0.39 is 11.6 Å². The fourth-order valence-electron chi connectivity index (χ4n) is 1.98. The van der Waals surface area contributed by atoms with Crippen molar-refractivity contribution in [3.05, 3.63) is 66.0 Å². The van der Waals surface area contributed by atoms with Crippen LogP contribution in [0.3, 0.4) is 0 Å². The van der Waals surface area contributed by atoms with Crippen LogP contribution in [0.2, 0.25) is 0 Å². The fourth-order valence-corrected chi connectivity index (χ4v) is 1.98. The van der Waals surface area contributed by atoms with Crippen LogP contribution in [0.5, 0.6) is 0 Å². The molecule has 0 saturated heterocycles. The normalized spacial score (nSPS) is 10.6. The molecule has 0 aliphatic heterocycles. The van der Waals surface area contributed by atoms with Gasteiger partial charge in [0.2, 0.25) is 0 Å². The highest BCUT2D eigenvalue weighted by Gasteiger charge is 2.05. The second kappa shape index (κ2) is 5.70. The second-order valence-electron chi connectivity index (χ2n) is 4.50. The van der Waals surface area contributed by atoms with Crippen molar-refractivity contribution in [3.63, 3.8) is 0 Å². The van der Waals surface area contributed by atoms with Gasteiger partial charge in [-0.25, -0.2) is 13.8 Å². The first-order valence-corrected chi connectivity index (χ1v) is 6.36. The Morgan fingerprint density at radius 1 is 1.10 bits per heavy atom. The van der Waals surface area contributed by atoms with Crippen molar-refractivity contribution < 1.29 is 8.78 Å². The number of H-pyrrole nitrogens is 1. The zero-order valence-electron chi connectivity index (χ0n) is 11.0. The van der Waals surface area contributed by atoms with E-state index in [1.54, 1.807) is 0 Å². The molecule has 6 heteroatoms. The van der Waals surface area contributed by atoms with Crippen LogP contribution in [-0.4, -0.2) is 15.2 Å². The average molecular weight is 286 g/mol. The van der Waals surface area contributed by atoms with Crippen molar-refractivity contribution in [2.45, 2.75) is 6.54 Å². The number of hydrogen-bond donors (Lipinski definition) is 2. The van der Waals surface area contributed by atoms with E-state index in [0.717, 1.165) is 17.3 Å². The maximum Gasteiger partial charge on any atom is 0.155 e. The molecule has 106 valence electrons. The minimum absolute atomic E-state index is 0.270. The standard InChI is InChI=1S/C15H12F2N4/c16-12-5-4-11(14(17)7-12)8-18-13-3-1-2-10(6-13)15-19-9-20-21-15/h1-7,9,18H,8H2,(H,19,20,21). The van der Waals surface area contributed by atoms with Crippen molar-refractivity contribution in [2.24, 2.45) is 0 Å². The molecule has 4 nitrogen and oxygen atoms in total. The Kier molecular flexibility index (Phi) is 3.59. The summed E-state index contributed by atoms with van der Waals surface area (Å²) in [6, 6.07) is 11.0. The van der Waals surface area contributed by atoms with Crippen LogP contribution in [-0.2, 0) is 6.54 Å². The molecule has 1 aromatic heterocycles. The molecule has 0 aliphatic rings. The number of nitrogens with zero attached hydrogens (tertiary/aromatic N) is 2. The second-order valence-corrected chi connectivity index (χ2v) is 4.50.